The van der Waals surface area contributed by atoms with E-state index in [4.69, 9.17) is 22.1 Å². The number of nitrogens with zero attached hydrogens (tertiary/aromatic N) is 1. The maximum absolute atomic E-state index is 6.12. The Morgan fingerprint density at radius 2 is 2.00 bits per heavy atom. The van der Waals surface area contributed by atoms with Gasteiger partial charge in [0.05, 0.1) is 12.2 Å². The first-order valence-corrected chi connectivity index (χ1v) is 6.87. The molecule has 1 aliphatic heterocycles. The predicted octanol–water partition coefficient (Wildman–Crippen LogP) is 2.45. The molecule has 0 saturated carbocycles. The molecule has 100 valence electrons. The van der Waals surface area contributed by atoms with E-state index in [1.807, 2.05) is 12.1 Å². The predicted molar refractivity (Wildman–Crippen MR) is 76.4 cm³/mol. The van der Waals surface area contributed by atoms with Crippen LogP contribution in [0.4, 0.5) is 5.69 Å². The van der Waals surface area contributed by atoms with E-state index in [1.165, 1.54) is 11.3 Å². The average Bonchev–Trinajstić information content (AvgIpc) is 2.30. The summed E-state index contributed by atoms with van der Waals surface area (Å²) in [6.07, 6.45) is 1.38. The van der Waals surface area contributed by atoms with E-state index in [2.05, 4.69) is 24.8 Å². The van der Waals surface area contributed by atoms with Crippen LogP contribution in [-0.2, 0) is 11.2 Å². The summed E-state index contributed by atoms with van der Waals surface area (Å²) < 4.78 is 5.77. The number of benzene rings is 1. The van der Waals surface area contributed by atoms with E-state index in [-0.39, 0.29) is 12.2 Å². The van der Waals surface area contributed by atoms with Crippen molar-refractivity contribution >= 4 is 17.3 Å². The average molecular weight is 269 g/mol. The lowest BCUT2D eigenvalue weighted by molar-refractivity contribution is -0.00525. The molecule has 1 saturated heterocycles. The number of hydrogen-bond acceptors (Lipinski definition) is 3. The van der Waals surface area contributed by atoms with Crippen LogP contribution < -0.4 is 10.6 Å². The van der Waals surface area contributed by atoms with Crippen LogP contribution in [0.2, 0.25) is 5.02 Å². The van der Waals surface area contributed by atoms with Crippen molar-refractivity contribution < 1.29 is 4.74 Å². The van der Waals surface area contributed by atoms with E-state index in [0.29, 0.717) is 6.54 Å². The Balaban J connectivity index is 2.27. The number of morpholine rings is 1. The van der Waals surface area contributed by atoms with Gasteiger partial charge >= 0.3 is 0 Å². The van der Waals surface area contributed by atoms with Gasteiger partial charge in [-0.1, -0.05) is 17.7 Å². The fraction of sp³-hybridized carbons (Fsp3) is 0.571. The molecule has 3 nitrogen and oxygen atoms in total. The van der Waals surface area contributed by atoms with Gasteiger partial charge in [-0.05, 0) is 44.5 Å². The number of hydrogen-bond donors (Lipinski definition) is 1. The Morgan fingerprint density at radius 1 is 1.33 bits per heavy atom. The van der Waals surface area contributed by atoms with Gasteiger partial charge in [0.15, 0.2) is 0 Å². The molecule has 0 radical (unpaired) electrons. The standard InChI is InChI=1S/C14H21ClN2O/c1-10-8-17(9-11(2)18-10)14-7-13(15)4-3-12(14)5-6-16/h3-4,7,10-11H,5-6,8-9,16H2,1-2H3/t10-,11+. The van der Waals surface area contributed by atoms with Crippen LogP contribution in [0.25, 0.3) is 0 Å². The normalized spacial score (nSPS) is 24.3. The molecule has 0 aliphatic carbocycles. The Morgan fingerprint density at radius 3 is 2.61 bits per heavy atom. The van der Waals surface area contributed by atoms with Gasteiger partial charge in [-0.25, -0.2) is 0 Å². The van der Waals surface area contributed by atoms with Crippen molar-refractivity contribution in [2.24, 2.45) is 5.73 Å². The van der Waals surface area contributed by atoms with Crippen LogP contribution in [0.5, 0.6) is 0 Å². The van der Waals surface area contributed by atoms with E-state index < -0.39 is 0 Å². The maximum atomic E-state index is 6.12. The topological polar surface area (TPSA) is 38.5 Å². The third kappa shape index (κ3) is 3.16. The minimum Gasteiger partial charge on any atom is -0.372 e. The van der Waals surface area contributed by atoms with Gasteiger partial charge in [-0.15, -0.1) is 0 Å². The largest absolute Gasteiger partial charge is 0.372 e. The zero-order chi connectivity index (χ0) is 13.1. The zero-order valence-electron chi connectivity index (χ0n) is 11.0. The highest BCUT2D eigenvalue weighted by Gasteiger charge is 2.23. The first kappa shape index (κ1) is 13.7. The number of rotatable bonds is 3. The van der Waals surface area contributed by atoms with Crippen LogP contribution in [0.15, 0.2) is 18.2 Å². The molecule has 1 heterocycles. The molecule has 2 atom stereocenters. The molecule has 2 rings (SSSR count). The molecular weight excluding hydrogens is 248 g/mol. The molecule has 1 fully saturated rings. The summed E-state index contributed by atoms with van der Waals surface area (Å²) >= 11 is 6.12. The molecule has 18 heavy (non-hydrogen) atoms. The summed E-state index contributed by atoms with van der Waals surface area (Å²) in [4.78, 5) is 2.36. The quantitative estimate of drug-likeness (QED) is 0.915. The first-order chi connectivity index (χ1) is 8.60. The van der Waals surface area contributed by atoms with Crippen molar-refractivity contribution in [3.05, 3.63) is 28.8 Å². The fourth-order valence-electron chi connectivity index (χ4n) is 2.57. The molecule has 0 aromatic heterocycles. The smallest absolute Gasteiger partial charge is 0.0726 e. The third-order valence-corrected chi connectivity index (χ3v) is 3.46. The van der Waals surface area contributed by atoms with Crippen LogP contribution in [0.1, 0.15) is 19.4 Å². The number of halogens is 1. The molecule has 0 bridgehead atoms. The lowest BCUT2D eigenvalue weighted by atomic mass is 10.1. The van der Waals surface area contributed by atoms with Gasteiger partial charge in [0.1, 0.15) is 0 Å². The van der Waals surface area contributed by atoms with Gasteiger partial charge in [0, 0.05) is 23.8 Å². The third-order valence-electron chi connectivity index (χ3n) is 3.22. The van der Waals surface area contributed by atoms with Gasteiger partial charge in [-0.2, -0.15) is 0 Å². The van der Waals surface area contributed by atoms with Crippen molar-refractivity contribution in [2.45, 2.75) is 32.5 Å². The van der Waals surface area contributed by atoms with Gasteiger partial charge in [0.25, 0.3) is 0 Å². The number of ether oxygens (including phenoxy) is 1. The lowest BCUT2D eigenvalue weighted by Crippen LogP contribution is -2.45. The Bertz CT molecular complexity index is 401. The molecule has 0 spiro atoms. The van der Waals surface area contributed by atoms with Gasteiger partial charge in [-0.3, -0.25) is 0 Å². The minimum absolute atomic E-state index is 0.249. The summed E-state index contributed by atoms with van der Waals surface area (Å²) in [6, 6.07) is 6.05. The van der Waals surface area contributed by atoms with E-state index in [9.17, 15) is 0 Å². The molecule has 1 aromatic carbocycles. The SMILES string of the molecule is C[C@@H]1CN(c2cc(Cl)ccc2CCN)C[C@H](C)O1. The zero-order valence-corrected chi connectivity index (χ0v) is 11.8. The van der Waals surface area contributed by atoms with Crippen molar-refractivity contribution in [3.63, 3.8) is 0 Å². The molecule has 0 unspecified atom stereocenters. The Labute approximate surface area is 114 Å². The van der Waals surface area contributed by atoms with Crippen molar-refractivity contribution in [3.8, 4) is 0 Å². The monoisotopic (exact) mass is 268 g/mol. The summed E-state index contributed by atoms with van der Waals surface area (Å²) in [7, 11) is 0. The van der Waals surface area contributed by atoms with Crippen LogP contribution in [0.3, 0.4) is 0 Å². The van der Waals surface area contributed by atoms with E-state index in [1.54, 1.807) is 0 Å². The van der Waals surface area contributed by atoms with Gasteiger partial charge < -0.3 is 15.4 Å². The molecule has 0 amide bonds. The second kappa shape index (κ2) is 5.91. The second-order valence-corrected chi connectivity index (χ2v) is 5.41. The fourth-order valence-corrected chi connectivity index (χ4v) is 2.74. The molecule has 2 N–H and O–H groups in total. The summed E-state index contributed by atoms with van der Waals surface area (Å²) in [5.41, 5.74) is 8.15. The number of anilines is 1. The Hall–Kier alpha value is -0.770. The maximum Gasteiger partial charge on any atom is 0.0726 e. The molecule has 4 heteroatoms. The van der Waals surface area contributed by atoms with Gasteiger partial charge in [0.2, 0.25) is 0 Å². The molecular formula is C14H21ClN2O. The van der Waals surface area contributed by atoms with Crippen LogP contribution in [-0.4, -0.2) is 31.8 Å². The molecule has 1 aromatic rings. The second-order valence-electron chi connectivity index (χ2n) is 4.97. The highest BCUT2D eigenvalue weighted by Crippen LogP contribution is 2.28. The first-order valence-electron chi connectivity index (χ1n) is 6.49. The van der Waals surface area contributed by atoms with Crippen molar-refractivity contribution in [1.82, 2.24) is 0 Å². The summed E-state index contributed by atoms with van der Waals surface area (Å²) in [5, 5.41) is 0.776. The van der Waals surface area contributed by atoms with Crippen LogP contribution in [0, 0.1) is 0 Å². The summed E-state index contributed by atoms with van der Waals surface area (Å²) in [6.45, 7) is 6.68. The summed E-state index contributed by atoms with van der Waals surface area (Å²) in [5.74, 6) is 0. The number of nitrogens with two attached hydrogens (primary N) is 1. The minimum atomic E-state index is 0.249. The van der Waals surface area contributed by atoms with Crippen molar-refractivity contribution in [2.75, 3.05) is 24.5 Å². The molecule has 1 aliphatic rings. The van der Waals surface area contributed by atoms with Crippen LogP contribution >= 0.6 is 11.6 Å². The Kier molecular flexibility index (Phi) is 4.49. The highest BCUT2D eigenvalue weighted by atomic mass is 35.5. The lowest BCUT2D eigenvalue weighted by Gasteiger charge is -2.38. The van der Waals surface area contributed by atoms with Crippen molar-refractivity contribution in [1.29, 1.82) is 0 Å². The van der Waals surface area contributed by atoms with E-state index in [0.717, 1.165) is 24.5 Å². The highest BCUT2D eigenvalue weighted by molar-refractivity contribution is 6.30. The van der Waals surface area contributed by atoms with E-state index >= 15 is 0 Å².